The zero-order chi connectivity index (χ0) is 27.2. The molecule has 3 amide bonds. The smallest absolute Gasteiger partial charge is 0.289 e. The predicted octanol–water partition coefficient (Wildman–Crippen LogP) is 1.37. The van der Waals surface area contributed by atoms with E-state index in [1.165, 1.54) is 0 Å². The number of carbonyl (C=O) groups is 4. The summed E-state index contributed by atoms with van der Waals surface area (Å²) in [6.45, 7) is 11.1. The molecule has 0 aromatic heterocycles. The van der Waals surface area contributed by atoms with Crippen molar-refractivity contribution < 1.29 is 19.2 Å². The second-order valence-electron chi connectivity index (χ2n) is 10.3. The summed E-state index contributed by atoms with van der Waals surface area (Å²) in [7, 11) is 2.11. The van der Waals surface area contributed by atoms with Crippen LogP contribution in [-0.4, -0.2) is 91.7 Å². The van der Waals surface area contributed by atoms with E-state index >= 15 is 0 Å². The lowest BCUT2D eigenvalue weighted by atomic mass is 10.0. The number of hydrogen-bond acceptors (Lipinski definition) is 6. The van der Waals surface area contributed by atoms with Crippen LogP contribution in [0.4, 0.5) is 0 Å². The second-order valence-corrected chi connectivity index (χ2v) is 10.3. The van der Waals surface area contributed by atoms with Gasteiger partial charge in [-0.25, -0.2) is 0 Å². The first-order chi connectivity index (χ1) is 17.7. The fourth-order valence-electron chi connectivity index (χ4n) is 4.32. The third-order valence-electron chi connectivity index (χ3n) is 6.64. The molecule has 206 valence electrons. The fourth-order valence-corrected chi connectivity index (χ4v) is 4.32. The van der Waals surface area contributed by atoms with Gasteiger partial charge in [-0.2, -0.15) is 0 Å². The van der Waals surface area contributed by atoms with Crippen LogP contribution < -0.4 is 16.0 Å². The fraction of sp³-hybridized carbons (Fsp3) is 0.643. The van der Waals surface area contributed by atoms with Crippen molar-refractivity contribution in [2.75, 3.05) is 46.3 Å². The van der Waals surface area contributed by atoms with Crippen LogP contribution in [0.1, 0.15) is 52.0 Å². The second kappa shape index (κ2) is 16.1. The number of benzene rings is 1. The van der Waals surface area contributed by atoms with Crippen LogP contribution in [0.2, 0.25) is 0 Å². The van der Waals surface area contributed by atoms with Crippen molar-refractivity contribution >= 4 is 23.5 Å². The Hall–Kier alpha value is -2.78. The van der Waals surface area contributed by atoms with Crippen molar-refractivity contribution in [1.29, 1.82) is 0 Å². The highest BCUT2D eigenvalue weighted by molar-refractivity contribution is 6.38. The van der Waals surface area contributed by atoms with E-state index in [0.717, 1.165) is 44.7 Å². The highest BCUT2D eigenvalue weighted by Gasteiger charge is 2.29. The summed E-state index contributed by atoms with van der Waals surface area (Å²) in [5.74, 6) is -1.84. The Morgan fingerprint density at radius 3 is 2.24 bits per heavy atom. The first-order valence-electron chi connectivity index (χ1n) is 13.6. The van der Waals surface area contributed by atoms with Crippen molar-refractivity contribution in [3.63, 3.8) is 0 Å². The van der Waals surface area contributed by atoms with Gasteiger partial charge in [0.2, 0.25) is 17.6 Å². The first kappa shape index (κ1) is 30.4. The minimum absolute atomic E-state index is 0.157. The lowest BCUT2D eigenvalue weighted by Gasteiger charge is -2.32. The number of nitrogens with one attached hydrogen (secondary N) is 3. The molecule has 37 heavy (non-hydrogen) atoms. The maximum atomic E-state index is 13.0. The number of piperazine rings is 1. The summed E-state index contributed by atoms with van der Waals surface area (Å²) in [5, 5.41) is 8.22. The van der Waals surface area contributed by atoms with Crippen LogP contribution in [0.5, 0.6) is 0 Å². The summed E-state index contributed by atoms with van der Waals surface area (Å²) < 4.78 is 0. The Morgan fingerprint density at radius 2 is 1.62 bits per heavy atom. The Kier molecular flexibility index (Phi) is 13.3. The molecular weight excluding hydrogens is 470 g/mol. The van der Waals surface area contributed by atoms with Gasteiger partial charge >= 0.3 is 0 Å². The van der Waals surface area contributed by atoms with Gasteiger partial charge in [0.05, 0.1) is 6.04 Å². The van der Waals surface area contributed by atoms with Crippen LogP contribution in [0.25, 0.3) is 0 Å². The molecule has 0 radical (unpaired) electrons. The molecule has 0 aliphatic carbocycles. The van der Waals surface area contributed by atoms with E-state index in [2.05, 4.69) is 32.8 Å². The molecule has 1 aromatic carbocycles. The molecule has 1 aromatic rings. The normalized spacial score (nSPS) is 16.1. The van der Waals surface area contributed by atoms with Crippen molar-refractivity contribution in [1.82, 2.24) is 25.8 Å². The molecule has 9 nitrogen and oxygen atoms in total. The average molecular weight is 516 g/mol. The molecule has 1 aliphatic heterocycles. The van der Waals surface area contributed by atoms with Gasteiger partial charge in [0.25, 0.3) is 5.91 Å². The molecule has 1 fully saturated rings. The van der Waals surface area contributed by atoms with Crippen molar-refractivity contribution in [2.24, 2.45) is 5.92 Å². The maximum absolute atomic E-state index is 13.0. The molecular formula is C28H45N5O4. The zero-order valence-corrected chi connectivity index (χ0v) is 22.9. The number of ketones is 1. The van der Waals surface area contributed by atoms with Gasteiger partial charge in [-0.05, 0) is 50.8 Å². The standard InChI is InChI=1S/C28H45N5O4/c1-5-23(26(35)28(37)29-14-9-15-33-18-16-32(4)17-19-33)31-27(36)24(20-21(2)3)30-25(34)13-12-22-10-7-6-8-11-22/h6-8,10-11,21,23-24H,5,9,12-20H2,1-4H3,(H,29,37)(H,30,34)(H,31,36)/t23-,24-/m0/s1. The third kappa shape index (κ3) is 11.4. The highest BCUT2D eigenvalue weighted by Crippen LogP contribution is 2.08. The zero-order valence-electron chi connectivity index (χ0n) is 22.9. The van der Waals surface area contributed by atoms with Gasteiger partial charge in [-0.3, -0.25) is 19.2 Å². The highest BCUT2D eigenvalue weighted by atomic mass is 16.2. The lowest BCUT2D eigenvalue weighted by molar-refractivity contribution is -0.140. The summed E-state index contributed by atoms with van der Waals surface area (Å²) in [4.78, 5) is 55.4. The summed E-state index contributed by atoms with van der Waals surface area (Å²) in [6.07, 6.45) is 2.32. The number of aryl methyl sites for hydroxylation is 1. The molecule has 2 atom stereocenters. The van der Waals surface area contributed by atoms with Gasteiger partial charge in [-0.1, -0.05) is 51.1 Å². The number of nitrogens with zero attached hydrogens (tertiary/aromatic N) is 2. The van der Waals surface area contributed by atoms with Crippen LogP contribution in [0.15, 0.2) is 30.3 Å². The summed E-state index contributed by atoms with van der Waals surface area (Å²) in [6, 6.07) is 7.99. The topological polar surface area (TPSA) is 111 Å². The molecule has 1 saturated heterocycles. The van der Waals surface area contributed by atoms with Crippen molar-refractivity contribution in [2.45, 2.75) is 65.0 Å². The van der Waals surface area contributed by atoms with E-state index < -0.39 is 29.7 Å². The van der Waals surface area contributed by atoms with E-state index in [0.29, 0.717) is 19.4 Å². The van der Waals surface area contributed by atoms with Crippen LogP contribution in [0, 0.1) is 5.92 Å². The molecule has 9 heteroatoms. The largest absolute Gasteiger partial charge is 0.349 e. The number of likely N-dealkylation sites (N-methyl/N-ethyl adjacent to an activating group) is 1. The van der Waals surface area contributed by atoms with E-state index in [9.17, 15) is 19.2 Å². The molecule has 3 N–H and O–H groups in total. The minimum Gasteiger partial charge on any atom is -0.349 e. The van der Waals surface area contributed by atoms with Crippen molar-refractivity contribution in [3.8, 4) is 0 Å². The first-order valence-corrected chi connectivity index (χ1v) is 13.6. The monoisotopic (exact) mass is 515 g/mol. The van der Waals surface area contributed by atoms with Crippen LogP contribution in [-0.2, 0) is 25.6 Å². The van der Waals surface area contributed by atoms with Gasteiger partial charge in [0.1, 0.15) is 6.04 Å². The molecule has 1 heterocycles. The molecule has 0 saturated carbocycles. The average Bonchev–Trinajstić information content (AvgIpc) is 2.88. The SMILES string of the molecule is CC[C@H](NC(=O)[C@H](CC(C)C)NC(=O)CCc1ccccc1)C(=O)C(=O)NCCCN1CCN(C)CC1. The van der Waals surface area contributed by atoms with Gasteiger partial charge in [0, 0.05) is 39.1 Å². The molecule has 1 aliphatic rings. The van der Waals surface area contributed by atoms with Crippen LogP contribution >= 0.6 is 0 Å². The van der Waals surface area contributed by atoms with Crippen LogP contribution in [0.3, 0.4) is 0 Å². The van der Waals surface area contributed by atoms with E-state index in [1.807, 2.05) is 44.2 Å². The number of Topliss-reactive ketones (excluding diaryl/α,β-unsaturated/α-hetero) is 1. The number of hydrogen-bond donors (Lipinski definition) is 3. The Morgan fingerprint density at radius 1 is 0.946 bits per heavy atom. The summed E-state index contributed by atoms with van der Waals surface area (Å²) >= 11 is 0. The van der Waals surface area contributed by atoms with Gasteiger partial charge in [-0.15, -0.1) is 0 Å². The Balaban J connectivity index is 1.81. The number of carbonyl (C=O) groups excluding carboxylic acids is 4. The Bertz CT molecular complexity index is 869. The predicted molar refractivity (Wildman–Crippen MR) is 145 cm³/mol. The van der Waals surface area contributed by atoms with Gasteiger partial charge in [0.15, 0.2) is 0 Å². The maximum Gasteiger partial charge on any atom is 0.289 e. The number of rotatable bonds is 15. The van der Waals surface area contributed by atoms with E-state index in [4.69, 9.17) is 0 Å². The van der Waals surface area contributed by atoms with Gasteiger partial charge < -0.3 is 25.8 Å². The minimum atomic E-state index is -0.930. The van der Waals surface area contributed by atoms with Crippen molar-refractivity contribution in [3.05, 3.63) is 35.9 Å². The third-order valence-corrected chi connectivity index (χ3v) is 6.64. The molecule has 0 unspecified atom stereocenters. The molecule has 0 spiro atoms. The quantitative estimate of drug-likeness (QED) is 0.240. The Labute approximate surface area is 221 Å². The summed E-state index contributed by atoms with van der Waals surface area (Å²) in [5.41, 5.74) is 1.05. The lowest BCUT2D eigenvalue weighted by Crippen LogP contribution is -2.54. The van der Waals surface area contributed by atoms with E-state index in [1.54, 1.807) is 6.92 Å². The molecule has 2 rings (SSSR count). The number of amides is 3. The van der Waals surface area contributed by atoms with E-state index in [-0.39, 0.29) is 24.7 Å². The molecule has 0 bridgehead atoms.